The minimum absolute atomic E-state index is 0.0204. The molecule has 6 nitrogen and oxygen atoms in total. The number of ether oxygens (including phenoxy) is 4. The standard InChI is InChI=1S/C18H23NO5/c1-21-14-10-18(24-11-14)5-6-19(12-18)17(20)13-3-4-15-16(9-13)23-8-2-7-22-15/h3-4,9,14H,2,5-8,10-12H2,1H3/t14-,18-/m0/s1. The van der Waals surface area contributed by atoms with Gasteiger partial charge in [0.1, 0.15) is 0 Å². The van der Waals surface area contributed by atoms with Gasteiger partial charge in [0.25, 0.3) is 5.91 Å². The van der Waals surface area contributed by atoms with Crippen molar-refractivity contribution in [3.05, 3.63) is 23.8 Å². The molecule has 1 amide bonds. The Kier molecular flexibility index (Phi) is 4.10. The van der Waals surface area contributed by atoms with Gasteiger partial charge in [0.2, 0.25) is 0 Å². The predicted molar refractivity (Wildman–Crippen MR) is 86.7 cm³/mol. The fraction of sp³-hybridized carbons (Fsp3) is 0.611. The van der Waals surface area contributed by atoms with Crippen molar-refractivity contribution in [1.29, 1.82) is 0 Å². The van der Waals surface area contributed by atoms with E-state index in [2.05, 4.69) is 0 Å². The van der Waals surface area contributed by atoms with Crippen LogP contribution < -0.4 is 9.47 Å². The number of methoxy groups -OCH3 is 1. The number of hydrogen-bond donors (Lipinski definition) is 0. The Labute approximate surface area is 141 Å². The lowest BCUT2D eigenvalue weighted by molar-refractivity contribution is 0.00702. The van der Waals surface area contributed by atoms with Gasteiger partial charge in [0.05, 0.1) is 38.1 Å². The van der Waals surface area contributed by atoms with E-state index in [4.69, 9.17) is 18.9 Å². The lowest BCUT2D eigenvalue weighted by atomic mass is 9.98. The molecule has 6 heteroatoms. The van der Waals surface area contributed by atoms with E-state index < -0.39 is 0 Å². The minimum Gasteiger partial charge on any atom is -0.490 e. The van der Waals surface area contributed by atoms with Gasteiger partial charge in [-0.2, -0.15) is 0 Å². The van der Waals surface area contributed by atoms with Gasteiger partial charge in [-0.05, 0) is 24.6 Å². The fourth-order valence-corrected chi connectivity index (χ4v) is 3.74. The van der Waals surface area contributed by atoms with E-state index >= 15 is 0 Å². The van der Waals surface area contributed by atoms with Crippen LogP contribution in [0.5, 0.6) is 11.5 Å². The van der Waals surface area contributed by atoms with Crippen molar-refractivity contribution < 1.29 is 23.7 Å². The number of amides is 1. The van der Waals surface area contributed by atoms with Crippen LogP contribution in [-0.4, -0.2) is 62.5 Å². The predicted octanol–water partition coefficient (Wildman–Crippen LogP) is 1.87. The van der Waals surface area contributed by atoms with Crippen LogP contribution in [-0.2, 0) is 9.47 Å². The zero-order valence-electron chi connectivity index (χ0n) is 14.0. The third-order valence-electron chi connectivity index (χ3n) is 5.11. The Morgan fingerprint density at radius 3 is 2.92 bits per heavy atom. The summed E-state index contributed by atoms with van der Waals surface area (Å²) < 4.78 is 22.7. The van der Waals surface area contributed by atoms with Crippen LogP contribution in [0.25, 0.3) is 0 Å². The van der Waals surface area contributed by atoms with E-state index in [9.17, 15) is 4.79 Å². The highest BCUT2D eigenvalue weighted by molar-refractivity contribution is 5.95. The number of hydrogen-bond acceptors (Lipinski definition) is 5. The average Bonchev–Trinajstić information content (AvgIpc) is 3.14. The molecule has 4 rings (SSSR count). The summed E-state index contributed by atoms with van der Waals surface area (Å²) in [6.07, 6.45) is 2.71. The normalized spacial score (nSPS) is 29.0. The van der Waals surface area contributed by atoms with Crippen molar-refractivity contribution in [2.45, 2.75) is 31.0 Å². The fourth-order valence-electron chi connectivity index (χ4n) is 3.74. The first-order chi connectivity index (χ1) is 11.7. The molecule has 1 spiro atoms. The Morgan fingerprint density at radius 2 is 2.12 bits per heavy atom. The van der Waals surface area contributed by atoms with Gasteiger partial charge < -0.3 is 23.8 Å². The van der Waals surface area contributed by atoms with Crippen molar-refractivity contribution in [2.75, 3.05) is 40.0 Å². The van der Waals surface area contributed by atoms with Gasteiger partial charge >= 0.3 is 0 Å². The summed E-state index contributed by atoms with van der Waals surface area (Å²) >= 11 is 0. The first kappa shape index (κ1) is 15.7. The molecule has 0 bridgehead atoms. The molecule has 2 atom stereocenters. The molecular formula is C18H23NO5. The molecule has 1 aromatic carbocycles. The molecule has 3 heterocycles. The zero-order chi connectivity index (χ0) is 16.6. The molecule has 2 fully saturated rings. The molecule has 130 valence electrons. The summed E-state index contributed by atoms with van der Waals surface area (Å²) in [4.78, 5) is 14.7. The largest absolute Gasteiger partial charge is 0.490 e. The number of carbonyl (C=O) groups excluding carboxylic acids is 1. The molecule has 0 aromatic heterocycles. The molecule has 1 aromatic rings. The van der Waals surface area contributed by atoms with E-state index in [1.165, 1.54) is 0 Å². The highest BCUT2D eigenvalue weighted by Gasteiger charge is 2.47. The third kappa shape index (κ3) is 2.84. The van der Waals surface area contributed by atoms with E-state index in [0.29, 0.717) is 50.0 Å². The topological polar surface area (TPSA) is 57.2 Å². The second-order valence-electron chi connectivity index (χ2n) is 6.74. The van der Waals surface area contributed by atoms with Crippen LogP contribution in [0.2, 0.25) is 0 Å². The Bertz CT molecular complexity index is 634. The van der Waals surface area contributed by atoms with E-state index in [1.54, 1.807) is 13.2 Å². The summed E-state index contributed by atoms with van der Waals surface area (Å²) in [5, 5.41) is 0. The molecule has 0 radical (unpaired) electrons. The molecule has 0 aliphatic carbocycles. The van der Waals surface area contributed by atoms with E-state index in [1.807, 2.05) is 17.0 Å². The maximum absolute atomic E-state index is 12.9. The maximum atomic E-state index is 12.9. The molecule has 24 heavy (non-hydrogen) atoms. The number of rotatable bonds is 2. The van der Waals surface area contributed by atoms with Crippen molar-refractivity contribution in [2.24, 2.45) is 0 Å². The summed E-state index contributed by atoms with van der Waals surface area (Å²) in [7, 11) is 1.71. The van der Waals surface area contributed by atoms with Gasteiger partial charge in [0, 0.05) is 32.1 Å². The minimum atomic E-state index is -0.234. The maximum Gasteiger partial charge on any atom is 0.254 e. The molecule has 0 saturated carbocycles. The molecular weight excluding hydrogens is 310 g/mol. The quantitative estimate of drug-likeness (QED) is 0.827. The number of benzene rings is 1. The van der Waals surface area contributed by atoms with Crippen molar-refractivity contribution >= 4 is 5.91 Å². The monoisotopic (exact) mass is 333 g/mol. The molecule has 2 saturated heterocycles. The molecule has 3 aliphatic heterocycles. The van der Waals surface area contributed by atoms with E-state index in [0.717, 1.165) is 19.3 Å². The van der Waals surface area contributed by atoms with Gasteiger partial charge in [-0.25, -0.2) is 0 Å². The van der Waals surface area contributed by atoms with Gasteiger partial charge in [0.15, 0.2) is 11.5 Å². The average molecular weight is 333 g/mol. The van der Waals surface area contributed by atoms with Crippen LogP contribution in [0.1, 0.15) is 29.6 Å². The lowest BCUT2D eigenvalue weighted by Gasteiger charge is -2.23. The summed E-state index contributed by atoms with van der Waals surface area (Å²) in [5.41, 5.74) is 0.402. The molecule has 3 aliphatic rings. The van der Waals surface area contributed by atoms with Crippen LogP contribution in [0.3, 0.4) is 0 Å². The lowest BCUT2D eigenvalue weighted by Crippen LogP contribution is -2.36. The Morgan fingerprint density at radius 1 is 1.29 bits per heavy atom. The zero-order valence-corrected chi connectivity index (χ0v) is 14.0. The smallest absolute Gasteiger partial charge is 0.254 e. The van der Waals surface area contributed by atoms with Crippen molar-refractivity contribution in [1.82, 2.24) is 4.90 Å². The van der Waals surface area contributed by atoms with Crippen LogP contribution >= 0.6 is 0 Å². The second-order valence-corrected chi connectivity index (χ2v) is 6.74. The third-order valence-corrected chi connectivity index (χ3v) is 5.11. The Balaban J connectivity index is 1.48. The number of carbonyl (C=O) groups is 1. The highest BCUT2D eigenvalue weighted by atomic mass is 16.6. The highest BCUT2D eigenvalue weighted by Crippen LogP contribution is 2.37. The van der Waals surface area contributed by atoms with Crippen molar-refractivity contribution in [3.8, 4) is 11.5 Å². The Hall–Kier alpha value is -1.79. The number of nitrogens with zero attached hydrogens (tertiary/aromatic N) is 1. The molecule has 0 N–H and O–H groups in total. The van der Waals surface area contributed by atoms with Crippen LogP contribution in [0.15, 0.2) is 18.2 Å². The van der Waals surface area contributed by atoms with Gasteiger partial charge in [-0.3, -0.25) is 4.79 Å². The summed E-state index contributed by atoms with van der Waals surface area (Å²) in [6.45, 7) is 3.21. The number of likely N-dealkylation sites (tertiary alicyclic amines) is 1. The van der Waals surface area contributed by atoms with Crippen LogP contribution in [0.4, 0.5) is 0 Å². The van der Waals surface area contributed by atoms with Gasteiger partial charge in [-0.15, -0.1) is 0 Å². The van der Waals surface area contributed by atoms with Crippen LogP contribution in [0, 0.1) is 0 Å². The first-order valence-electron chi connectivity index (χ1n) is 8.55. The summed E-state index contributed by atoms with van der Waals surface area (Å²) in [5.74, 6) is 1.39. The first-order valence-corrected chi connectivity index (χ1v) is 8.55. The summed E-state index contributed by atoms with van der Waals surface area (Å²) in [6, 6.07) is 5.43. The second kappa shape index (κ2) is 6.26. The SMILES string of the molecule is CO[C@@H]1CO[C@@]2(CCN(C(=O)c3ccc4c(c3)OCCCO4)C2)C1. The molecule has 0 unspecified atom stereocenters. The van der Waals surface area contributed by atoms with E-state index in [-0.39, 0.29) is 17.6 Å². The van der Waals surface area contributed by atoms with Gasteiger partial charge in [-0.1, -0.05) is 0 Å². The van der Waals surface area contributed by atoms with Crippen molar-refractivity contribution in [3.63, 3.8) is 0 Å². The number of fused-ring (bicyclic) bond motifs is 1.